The first kappa shape index (κ1) is 25.1. The molecule has 3 amide bonds. The van der Waals surface area contributed by atoms with E-state index in [-0.39, 0.29) is 31.1 Å². The molecule has 8 nitrogen and oxygen atoms in total. The summed E-state index contributed by atoms with van der Waals surface area (Å²) in [6.45, 7) is 5.74. The van der Waals surface area contributed by atoms with Gasteiger partial charge >= 0.3 is 12.0 Å². The lowest BCUT2D eigenvalue weighted by Gasteiger charge is -2.33. The van der Waals surface area contributed by atoms with Crippen molar-refractivity contribution < 1.29 is 23.9 Å². The van der Waals surface area contributed by atoms with Gasteiger partial charge in [-0.25, -0.2) is 9.59 Å². The molecule has 2 N–H and O–H groups in total. The Balaban J connectivity index is 1.69. The van der Waals surface area contributed by atoms with Crippen molar-refractivity contribution in [3.05, 3.63) is 70.4 Å². The minimum atomic E-state index is -0.665. The highest BCUT2D eigenvalue weighted by molar-refractivity contribution is 6.30. The van der Waals surface area contributed by atoms with E-state index in [9.17, 15) is 14.4 Å². The molecule has 0 radical (unpaired) electrons. The lowest BCUT2D eigenvalue weighted by molar-refractivity contribution is -0.140. The SMILES string of the molecule is CC1=C(C(=O)OCC(C)C)C(c2ccc(NC(=O)COc3ccc(Cl)cc3)cc2)NC(=O)N1C. The maximum absolute atomic E-state index is 12.8. The van der Waals surface area contributed by atoms with E-state index in [0.717, 1.165) is 0 Å². The number of ether oxygens (including phenoxy) is 2. The molecule has 0 spiro atoms. The number of amides is 3. The highest BCUT2D eigenvalue weighted by Gasteiger charge is 2.35. The molecule has 0 aromatic heterocycles. The standard InChI is InChI=1S/C25H28ClN3O5/c1-15(2)13-34-24(31)22-16(3)29(4)25(32)28-23(22)17-5-9-19(10-6-17)27-21(30)14-33-20-11-7-18(26)8-12-20/h5-12,15,23H,13-14H2,1-4H3,(H,27,30)(H,28,32). The molecule has 9 heteroatoms. The summed E-state index contributed by atoms with van der Waals surface area (Å²) in [6.07, 6.45) is 0. The molecule has 1 heterocycles. The van der Waals surface area contributed by atoms with Crippen molar-refractivity contribution in [2.75, 3.05) is 25.6 Å². The number of urea groups is 1. The second-order valence-corrected chi connectivity index (χ2v) is 8.78. The number of rotatable bonds is 8. The van der Waals surface area contributed by atoms with E-state index in [4.69, 9.17) is 21.1 Å². The molecule has 0 saturated carbocycles. The van der Waals surface area contributed by atoms with Gasteiger partial charge in [-0.1, -0.05) is 37.6 Å². The van der Waals surface area contributed by atoms with Gasteiger partial charge in [0.25, 0.3) is 5.91 Å². The molecule has 2 aromatic rings. The third-order valence-corrected chi connectivity index (χ3v) is 5.49. The monoisotopic (exact) mass is 485 g/mol. The van der Waals surface area contributed by atoms with Gasteiger partial charge in [-0.3, -0.25) is 4.79 Å². The average molecular weight is 486 g/mol. The first-order valence-corrected chi connectivity index (χ1v) is 11.2. The normalized spacial score (nSPS) is 15.8. The van der Waals surface area contributed by atoms with Crippen LogP contribution in [-0.2, 0) is 14.3 Å². The summed E-state index contributed by atoms with van der Waals surface area (Å²) in [5, 5.41) is 6.18. The third-order valence-electron chi connectivity index (χ3n) is 5.23. The van der Waals surface area contributed by atoms with Crippen molar-refractivity contribution in [2.24, 2.45) is 5.92 Å². The van der Waals surface area contributed by atoms with E-state index in [1.165, 1.54) is 4.90 Å². The van der Waals surface area contributed by atoms with Gasteiger partial charge in [0.1, 0.15) is 5.75 Å². The summed E-state index contributed by atoms with van der Waals surface area (Å²) in [6, 6.07) is 12.6. The molecular formula is C25H28ClN3O5. The molecule has 1 aliphatic rings. The van der Waals surface area contributed by atoms with Gasteiger partial charge in [0, 0.05) is 23.5 Å². The molecule has 180 valence electrons. The second-order valence-electron chi connectivity index (χ2n) is 8.35. The summed E-state index contributed by atoms with van der Waals surface area (Å²) in [7, 11) is 1.60. The van der Waals surface area contributed by atoms with E-state index < -0.39 is 12.0 Å². The van der Waals surface area contributed by atoms with Crippen molar-refractivity contribution in [2.45, 2.75) is 26.8 Å². The lowest BCUT2D eigenvalue weighted by atomic mass is 9.95. The van der Waals surface area contributed by atoms with Crippen LogP contribution in [0.25, 0.3) is 0 Å². The van der Waals surface area contributed by atoms with Crippen molar-refractivity contribution in [1.82, 2.24) is 10.2 Å². The third kappa shape index (κ3) is 6.29. The fraction of sp³-hybridized carbons (Fsp3) is 0.320. The number of nitrogens with zero attached hydrogens (tertiary/aromatic N) is 1. The summed E-state index contributed by atoms with van der Waals surface area (Å²) in [5.41, 5.74) is 2.14. The number of anilines is 1. The summed E-state index contributed by atoms with van der Waals surface area (Å²) in [4.78, 5) is 38.8. The maximum Gasteiger partial charge on any atom is 0.338 e. The minimum Gasteiger partial charge on any atom is -0.484 e. The average Bonchev–Trinajstić information content (AvgIpc) is 2.81. The Kier molecular flexibility index (Phi) is 8.17. The number of allylic oxidation sites excluding steroid dienone is 1. The van der Waals surface area contributed by atoms with Crippen LogP contribution in [-0.4, -0.2) is 43.1 Å². The molecule has 0 aliphatic carbocycles. The molecular weight excluding hydrogens is 458 g/mol. The van der Waals surface area contributed by atoms with Crippen molar-refractivity contribution in [3.63, 3.8) is 0 Å². The zero-order valence-electron chi connectivity index (χ0n) is 19.6. The maximum atomic E-state index is 12.8. The molecule has 1 unspecified atom stereocenters. The highest BCUT2D eigenvalue weighted by atomic mass is 35.5. The van der Waals surface area contributed by atoms with Crippen LogP contribution in [0.4, 0.5) is 10.5 Å². The fourth-order valence-electron chi connectivity index (χ4n) is 3.31. The molecule has 0 fully saturated rings. The zero-order chi connectivity index (χ0) is 24.8. The number of nitrogens with one attached hydrogen (secondary N) is 2. The number of hydrogen-bond acceptors (Lipinski definition) is 5. The Hall–Kier alpha value is -3.52. The molecule has 34 heavy (non-hydrogen) atoms. The second kappa shape index (κ2) is 11.1. The van der Waals surface area contributed by atoms with Crippen LogP contribution in [0.2, 0.25) is 5.02 Å². The van der Waals surface area contributed by atoms with Gasteiger partial charge in [0.2, 0.25) is 0 Å². The molecule has 1 aliphatic heterocycles. The van der Waals surface area contributed by atoms with Gasteiger partial charge in [0.15, 0.2) is 6.61 Å². The number of halogens is 1. The summed E-state index contributed by atoms with van der Waals surface area (Å²) < 4.78 is 10.9. The Labute approximate surface area is 203 Å². The van der Waals surface area contributed by atoms with E-state index in [2.05, 4.69) is 10.6 Å². The molecule has 3 rings (SSSR count). The quantitative estimate of drug-likeness (QED) is 0.535. The first-order chi connectivity index (χ1) is 16.2. The predicted octanol–water partition coefficient (Wildman–Crippen LogP) is 4.53. The van der Waals surface area contributed by atoms with Crippen LogP contribution in [0, 0.1) is 5.92 Å². The fourth-order valence-corrected chi connectivity index (χ4v) is 3.43. The Morgan fingerprint density at radius 2 is 1.76 bits per heavy atom. The lowest BCUT2D eigenvalue weighted by Crippen LogP contribution is -2.46. The van der Waals surface area contributed by atoms with Crippen LogP contribution in [0.1, 0.15) is 32.4 Å². The highest BCUT2D eigenvalue weighted by Crippen LogP contribution is 2.31. The minimum absolute atomic E-state index is 0.165. The van der Waals surface area contributed by atoms with Crippen molar-refractivity contribution >= 4 is 35.2 Å². The van der Waals surface area contributed by atoms with E-state index in [1.54, 1.807) is 62.5 Å². The number of carbonyl (C=O) groups excluding carboxylic acids is 3. The Bertz CT molecular complexity index is 1080. The predicted molar refractivity (Wildman–Crippen MR) is 130 cm³/mol. The van der Waals surface area contributed by atoms with E-state index in [1.807, 2.05) is 13.8 Å². The summed E-state index contributed by atoms with van der Waals surface area (Å²) in [5.74, 6) is -0.0820. The van der Waals surface area contributed by atoms with Gasteiger partial charge in [-0.15, -0.1) is 0 Å². The van der Waals surface area contributed by atoms with Gasteiger partial charge < -0.3 is 25.0 Å². The molecule has 0 bridgehead atoms. The van der Waals surface area contributed by atoms with Crippen LogP contribution in [0.15, 0.2) is 59.8 Å². The van der Waals surface area contributed by atoms with Crippen LogP contribution >= 0.6 is 11.6 Å². The molecule has 1 atom stereocenters. The van der Waals surface area contributed by atoms with E-state index in [0.29, 0.717) is 33.3 Å². The van der Waals surface area contributed by atoms with Crippen LogP contribution < -0.4 is 15.4 Å². The first-order valence-electron chi connectivity index (χ1n) is 10.9. The van der Waals surface area contributed by atoms with E-state index >= 15 is 0 Å². The largest absolute Gasteiger partial charge is 0.484 e. The van der Waals surface area contributed by atoms with Gasteiger partial charge in [-0.05, 0) is 54.8 Å². The Morgan fingerprint density at radius 1 is 1.12 bits per heavy atom. The molecule has 2 aromatic carbocycles. The number of esters is 1. The zero-order valence-corrected chi connectivity index (χ0v) is 20.3. The van der Waals surface area contributed by atoms with Gasteiger partial charge in [0.05, 0.1) is 18.2 Å². The van der Waals surface area contributed by atoms with Crippen LogP contribution in [0.3, 0.4) is 0 Å². The smallest absolute Gasteiger partial charge is 0.338 e. The number of carbonyl (C=O) groups is 3. The van der Waals surface area contributed by atoms with Crippen molar-refractivity contribution in [1.29, 1.82) is 0 Å². The van der Waals surface area contributed by atoms with Crippen LogP contribution in [0.5, 0.6) is 5.75 Å². The topological polar surface area (TPSA) is 97.0 Å². The Morgan fingerprint density at radius 3 is 2.38 bits per heavy atom. The van der Waals surface area contributed by atoms with Crippen molar-refractivity contribution in [3.8, 4) is 5.75 Å². The number of benzene rings is 2. The van der Waals surface area contributed by atoms with Gasteiger partial charge in [-0.2, -0.15) is 0 Å². The summed E-state index contributed by atoms with van der Waals surface area (Å²) >= 11 is 5.84. The number of hydrogen-bond donors (Lipinski definition) is 2. The molecule has 0 saturated heterocycles.